The topological polar surface area (TPSA) is 90.0 Å². The number of fused-ring (bicyclic) bond motifs is 1. The van der Waals surface area contributed by atoms with E-state index in [4.69, 9.17) is 0 Å². The SMILES string of the molecule is Cn1cc(-c2cn(S(=O)(=O)c3ccccc3)c3ncc(C4(O)CCCC4)cc23)cn1. The molecule has 0 spiro atoms. The van der Waals surface area contributed by atoms with Gasteiger partial charge in [-0.3, -0.25) is 4.68 Å². The van der Waals surface area contributed by atoms with Crippen molar-refractivity contribution >= 4 is 21.1 Å². The van der Waals surface area contributed by atoms with Gasteiger partial charge < -0.3 is 5.11 Å². The molecule has 1 saturated carbocycles. The molecule has 1 aliphatic rings. The summed E-state index contributed by atoms with van der Waals surface area (Å²) < 4.78 is 29.6. The Morgan fingerprint density at radius 2 is 1.80 bits per heavy atom. The monoisotopic (exact) mass is 422 g/mol. The molecular formula is C22H22N4O3S. The molecule has 0 aliphatic heterocycles. The summed E-state index contributed by atoms with van der Waals surface area (Å²) >= 11 is 0. The van der Waals surface area contributed by atoms with Gasteiger partial charge in [0.25, 0.3) is 10.0 Å². The van der Waals surface area contributed by atoms with Crippen molar-refractivity contribution in [2.24, 2.45) is 7.05 Å². The first-order valence-electron chi connectivity index (χ1n) is 9.92. The van der Waals surface area contributed by atoms with E-state index in [0.717, 1.165) is 24.0 Å². The van der Waals surface area contributed by atoms with E-state index in [1.165, 1.54) is 3.97 Å². The summed E-state index contributed by atoms with van der Waals surface area (Å²) in [4.78, 5) is 4.71. The van der Waals surface area contributed by atoms with Crippen molar-refractivity contribution < 1.29 is 13.5 Å². The smallest absolute Gasteiger partial charge is 0.269 e. The van der Waals surface area contributed by atoms with E-state index in [1.807, 2.05) is 19.3 Å². The number of aryl methyl sites for hydroxylation is 1. The summed E-state index contributed by atoms with van der Waals surface area (Å²) in [6.07, 6.45) is 10.0. The Balaban J connectivity index is 1.77. The van der Waals surface area contributed by atoms with Gasteiger partial charge in [-0.05, 0) is 31.0 Å². The molecular weight excluding hydrogens is 400 g/mol. The van der Waals surface area contributed by atoms with Crippen molar-refractivity contribution in [3.63, 3.8) is 0 Å². The van der Waals surface area contributed by atoms with Crippen molar-refractivity contribution in [2.45, 2.75) is 36.2 Å². The molecule has 0 unspecified atom stereocenters. The second-order valence-electron chi connectivity index (χ2n) is 7.89. The molecule has 154 valence electrons. The van der Waals surface area contributed by atoms with Crippen LogP contribution < -0.4 is 0 Å². The van der Waals surface area contributed by atoms with Crippen molar-refractivity contribution in [2.75, 3.05) is 0 Å². The van der Waals surface area contributed by atoms with Crippen LogP contribution in [0.4, 0.5) is 0 Å². The largest absolute Gasteiger partial charge is 0.385 e. The fourth-order valence-corrected chi connectivity index (χ4v) is 5.61. The summed E-state index contributed by atoms with van der Waals surface area (Å²) in [5.41, 5.74) is 1.67. The fourth-order valence-electron chi connectivity index (χ4n) is 4.26. The Morgan fingerprint density at radius 1 is 1.07 bits per heavy atom. The molecule has 0 amide bonds. The average Bonchev–Trinajstić information content (AvgIpc) is 3.47. The van der Waals surface area contributed by atoms with Crippen molar-refractivity contribution in [3.05, 3.63) is 66.7 Å². The van der Waals surface area contributed by atoms with Gasteiger partial charge in [-0.1, -0.05) is 31.0 Å². The van der Waals surface area contributed by atoms with Crippen LogP contribution in [0, 0.1) is 0 Å². The molecule has 1 aliphatic carbocycles. The van der Waals surface area contributed by atoms with Crippen LogP contribution in [0.25, 0.3) is 22.2 Å². The van der Waals surface area contributed by atoms with Crippen LogP contribution in [-0.2, 0) is 22.7 Å². The molecule has 0 atom stereocenters. The summed E-state index contributed by atoms with van der Waals surface area (Å²) in [5.74, 6) is 0. The van der Waals surface area contributed by atoms with E-state index in [1.54, 1.807) is 53.6 Å². The number of aromatic nitrogens is 4. The van der Waals surface area contributed by atoms with Crippen molar-refractivity contribution in [3.8, 4) is 11.1 Å². The van der Waals surface area contributed by atoms with Crippen molar-refractivity contribution in [1.29, 1.82) is 0 Å². The lowest BCUT2D eigenvalue weighted by Gasteiger charge is -2.22. The van der Waals surface area contributed by atoms with Gasteiger partial charge in [-0.2, -0.15) is 5.10 Å². The molecule has 0 saturated heterocycles. The quantitative estimate of drug-likeness (QED) is 0.544. The van der Waals surface area contributed by atoms with E-state index in [-0.39, 0.29) is 4.90 Å². The zero-order valence-electron chi connectivity index (χ0n) is 16.6. The number of aliphatic hydroxyl groups is 1. The second kappa shape index (κ2) is 6.78. The molecule has 7 nitrogen and oxygen atoms in total. The van der Waals surface area contributed by atoms with Crippen LogP contribution in [-0.4, -0.2) is 32.3 Å². The highest BCUT2D eigenvalue weighted by Gasteiger charge is 2.34. The van der Waals surface area contributed by atoms with Crippen LogP contribution in [0.2, 0.25) is 0 Å². The van der Waals surface area contributed by atoms with Crippen LogP contribution >= 0.6 is 0 Å². The molecule has 0 bridgehead atoms. The maximum absolute atomic E-state index is 13.4. The zero-order valence-corrected chi connectivity index (χ0v) is 17.4. The summed E-state index contributed by atoms with van der Waals surface area (Å²) in [6, 6.07) is 10.2. The highest BCUT2D eigenvalue weighted by molar-refractivity contribution is 7.90. The van der Waals surface area contributed by atoms with Gasteiger partial charge in [0.05, 0.1) is 16.7 Å². The Labute approximate surface area is 174 Å². The first-order chi connectivity index (χ1) is 14.4. The van der Waals surface area contributed by atoms with Gasteiger partial charge in [0.1, 0.15) is 0 Å². The number of rotatable bonds is 4. The number of hydrogen-bond acceptors (Lipinski definition) is 5. The Bertz CT molecular complexity index is 1330. The predicted molar refractivity (Wildman–Crippen MR) is 113 cm³/mol. The summed E-state index contributed by atoms with van der Waals surface area (Å²) in [7, 11) is -2.01. The molecule has 8 heteroatoms. The van der Waals surface area contributed by atoms with Gasteiger partial charge in [-0.25, -0.2) is 17.4 Å². The number of hydrogen-bond donors (Lipinski definition) is 1. The minimum Gasteiger partial charge on any atom is -0.385 e. The zero-order chi connectivity index (χ0) is 20.9. The molecule has 5 rings (SSSR count). The lowest BCUT2D eigenvalue weighted by Crippen LogP contribution is -2.21. The summed E-state index contributed by atoms with van der Waals surface area (Å²) in [6.45, 7) is 0. The number of nitrogens with zero attached hydrogens (tertiary/aromatic N) is 4. The molecule has 1 fully saturated rings. The van der Waals surface area contributed by atoms with Gasteiger partial charge in [0.2, 0.25) is 0 Å². The lowest BCUT2D eigenvalue weighted by atomic mass is 9.92. The average molecular weight is 423 g/mol. The fraction of sp³-hybridized carbons (Fsp3) is 0.273. The maximum Gasteiger partial charge on any atom is 0.269 e. The molecule has 3 heterocycles. The molecule has 30 heavy (non-hydrogen) atoms. The molecule has 1 aromatic carbocycles. The standard InChI is InChI=1S/C22H22N4O3S/c1-25-14-16(12-24-25)20-15-26(30(28,29)18-7-3-2-4-8-18)21-19(20)11-17(13-23-21)22(27)9-5-6-10-22/h2-4,7-8,11-15,27H,5-6,9-10H2,1H3. The van der Waals surface area contributed by atoms with Crippen LogP contribution in [0.3, 0.4) is 0 Å². The Kier molecular flexibility index (Phi) is 4.30. The van der Waals surface area contributed by atoms with Crippen LogP contribution in [0.15, 0.2) is 66.1 Å². The van der Waals surface area contributed by atoms with Gasteiger partial charge in [-0.15, -0.1) is 0 Å². The molecule has 4 aromatic rings. The molecule has 1 N–H and O–H groups in total. The predicted octanol–water partition coefficient (Wildman–Crippen LogP) is 3.44. The van der Waals surface area contributed by atoms with E-state index in [2.05, 4.69) is 10.1 Å². The second-order valence-corrected chi connectivity index (χ2v) is 9.71. The third-order valence-corrected chi connectivity index (χ3v) is 7.56. The highest BCUT2D eigenvalue weighted by Crippen LogP contribution is 2.41. The van der Waals surface area contributed by atoms with Crippen molar-refractivity contribution in [1.82, 2.24) is 18.7 Å². The normalized spacial score (nSPS) is 16.3. The van der Waals surface area contributed by atoms with Crippen LogP contribution in [0.1, 0.15) is 31.2 Å². The maximum atomic E-state index is 13.4. The van der Waals surface area contributed by atoms with Gasteiger partial charge in [0.15, 0.2) is 5.65 Å². The third-order valence-electron chi connectivity index (χ3n) is 5.90. The minimum absolute atomic E-state index is 0.194. The number of pyridine rings is 1. The minimum atomic E-state index is -3.83. The van der Waals surface area contributed by atoms with E-state index < -0.39 is 15.6 Å². The lowest BCUT2D eigenvalue weighted by molar-refractivity contribution is 0.0443. The Morgan fingerprint density at radius 3 is 2.47 bits per heavy atom. The van der Waals surface area contributed by atoms with E-state index in [9.17, 15) is 13.5 Å². The Hall–Kier alpha value is -2.97. The van der Waals surface area contributed by atoms with Crippen LogP contribution in [0.5, 0.6) is 0 Å². The number of benzene rings is 1. The highest BCUT2D eigenvalue weighted by atomic mass is 32.2. The van der Waals surface area contributed by atoms with Gasteiger partial charge in [0, 0.05) is 47.7 Å². The van der Waals surface area contributed by atoms with Gasteiger partial charge >= 0.3 is 0 Å². The first kappa shape index (κ1) is 19.0. The first-order valence-corrected chi connectivity index (χ1v) is 11.4. The van der Waals surface area contributed by atoms with E-state index >= 15 is 0 Å². The third kappa shape index (κ3) is 2.95. The van der Waals surface area contributed by atoms with E-state index in [0.29, 0.717) is 29.4 Å². The summed E-state index contributed by atoms with van der Waals surface area (Å²) in [5, 5.41) is 16.0. The molecule has 3 aromatic heterocycles. The molecule has 0 radical (unpaired) electrons.